The van der Waals surface area contributed by atoms with E-state index in [1.165, 1.54) is 29.8 Å². The van der Waals surface area contributed by atoms with Gasteiger partial charge in [0.2, 0.25) is 10.0 Å². The van der Waals surface area contributed by atoms with E-state index in [9.17, 15) is 13.2 Å². The molecule has 2 rings (SSSR count). The average molecular weight is 347 g/mol. The number of nitrogens with zero attached hydrogens (tertiary/aromatic N) is 2. The van der Waals surface area contributed by atoms with Gasteiger partial charge < -0.3 is 15.0 Å². The second kappa shape index (κ2) is 8.30. The van der Waals surface area contributed by atoms with Crippen LogP contribution >= 0.6 is 0 Å². The van der Waals surface area contributed by atoms with Gasteiger partial charge >= 0.3 is 6.03 Å². The summed E-state index contributed by atoms with van der Waals surface area (Å²) >= 11 is 0. The van der Waals surface area contributed by atoms with Gasteiger partial charge in [-0.15, -0.1) is 0 Å². The molecule has 0 aromatic carbocycles. The summed E-state index contributed by atoms with van der Waals surface area (Å²) < 4.78 is 30.2. The zero-order chi connectivity index (χ0) is 16.9. The van der Waals surface area contributed by atoms with Crippen molar-refractivity contribution in [1.82, 2.24) is 14.5 Å². The summed E-state index contributed by atoms with van der Waals surface area (Å²) in [5, 5.41) is 2.85. The molecule has 0 bridgehead atoms. The lowest BCUT2D eigenvalue weighted by Crippen LogP contribution is -2.53. The Labute approximate surface area is 139 Å². The zero-order valence-corrected chi connectivity index (χ0v) is 15.0. The van der Waals surface area contributed by atoms with Gasteiger partial charge in [-0.1, -0.05) is 19.8 Å². The second-order valence-corrected chi connectivity index (χ2v) is 8.53. The lowest BCUT2D eigenvalue weighted by Gasteiger charge is -2.33. The Balaban J connectivity index is 1.62. The first-order valence-electron chi connectivity index (χ1n) is 8.47. The van der Waals surface area contributed by atoms with Gasteiger partial charge in [-0.05, 0) is 18.8 Å². The molecule has 8 heteroatoms. The van der Waals surface area contributed by atoms with Crippen LogP contribution in [-0.4, -0.2) is 75.3 Å². The molecule has 0 aromatic heterocycles. The zero-order valence-electron chi connectivity index (χ0n) is 14.2. The predicted octanol–water partition coefficient (Wildman–Crippen LogP) is 0.869. The Morgan fingerprint density at radius 1 is 1.17 bits per heavy atom. The van der Waals surface area contributed by atoms with Gasteiger partial charge in [-0.25, -0.2) is 13.2 Å². The lowest BCUT2D eigenvalue weighted by molar-refractivity contribution is -0.00277. The van der Waals surface area contributed by atoms with E-state index in [1.54, 1.807) is 4.90 Å². The van der Waals surface area contributed by atoms with E-state index in [4.69, 9.17) is 4.74 Å². The number of carbonyl (C=O) groups excluding carboxylic acids is 1. The minimum absolute atomic E-state index is 0.140. The highest BCUT2D eigenvalue weighted by molar-refractivity contribution is 7.88. The molecule has 2 fully saturated rings. The molecule has 0 unspecified atom stereocenters. The van der Waals surface area contributed by atoms with Gasteiger partial charge in [0, 0.05) is 32.7 Å². The second-order valence-electron chi connectivity index (χ2n) is 6.55. The number of nitrogens with one attached hydrogen (secondary N) is 1. The Hall–Kier alpha value is -0.860. The summed E-state index contributed by atoms with van der Waals surface area (Å²) in [5.74, 6) is 0.600. The lowest BCUT2D eigenvalue weighted by atomic mass is 9.88. The number of amides is 2. The van der Waals surface area contributed by atoms with Gasteiger partial charge in [0.1, 0.15) is 0 Å². The summed E-state index contributed by atoms with van der Waals surface area (Å²) in [6.07, 6.45) is 6.37. The summed E-state index contributed by atoms with van der Waals surface area (Å²) in [4.78, 5) is 13.7. The number of hydrogen-bond donors (Lipinski definition) is 1. The highest BCUT2D eigenvalue weighted by atomic mass is 32.2. The van der Waals surface area contributed by atoms with Crippen LogP contribution in [0, 0.1) is 5.92 Å². The summed E-state index contributed by atoms with van der Waals surface area (Å²) in [6.45, 7) is 4.84. The molecule has 2 atom stereocenters. The van der Waals surface area contributed by atoms with Crippen molar-refractivity contribution in [2.45, 2.75) is 38.7 Å². The third kappa shape index (κ3) is 5.61. The van der Waals surface area contributed by atoms with E-state index >= 15 is 0 Å². The predicted molar refractivity (Wildman–Crippen MR) is 88.8 cm³/mol. The van der Waals surface area contributed by atoms with Crippen molar-refractivity contribution in [3.63, 3.8) is 0 Å². The van der Waals surface area contributed by atoms with Crippen molar-refractivity contribution < 1.29 is 17.9 Å². The van der Waals surface area contributed by atoms with E-state index in [-0.39, 0.29) is 6.03 Å². The Kier molecular flexibility index (Phi) is 6.67. The molecule has 1 aliphatic carbocycles. The third-order valence-corrected chi connectivity index (χ3v) is 6.04. The quantitative estimate of drug-likeness (QED) is 0.749. The number of ether oxygens (including phenoxy) is 1. The molecule has 0 radical (unpaired) electrons. The minimum Gasteiger partial charge on any atom is -0.376 e. The van der Waals surface area contributed by atoms with Gasteiger partial charge in [0.25, 0.3) is 0 Å². The Bertz CT molecular complexity index is 489. The van der Waals surface area contributed by atoms with E-state index in [1.807, 2.05) is 0 Å². The van der Waals surface area contributed by atoms with Crippen LogP contribution in [0.1, 0.15) is 32.6 Å². The summed E-state index contributed by atoms with van der Waals surface area (Å²) in [6, 6.07) is -0.140. The van der Waals surface area contributed by atoms with Crippen molar-refractivity contribution in [3.8, 4) is 0 Å². The van der Waals surface area contributed by atoms with Gasteiger partial charge in [-0.2, -0.15) is 4.31 Å². The first-order chi connectivity index (χ1) is 10.9. The van der Waals surface area contributed by atoms with Crippen LogP contribution in [-0.2, 0) is 14.8 Å². The number of carbonyl (C=O) groups is 1. The third-order valence-electron chi connectivity index (χ3n) is 4.74. The maximum Gasteiger partial charge on any atom is 0.317 e. The number of rotatable bonds is 5. The van der Waals surface area contributed by atoms with Crippen LogP contribution in [0.2, 0.25) is 0 Å². The highest BCUT2D eigenvalue weighted by Gasteiger charge is 2.26. The largest absolute Gasteiger partial charge is 0.376 e. The summed E-state index contributed by atoms with van der Waals surface area (Å²) in [7, 11) is -3.16. The first kappa shape index (κ1) is 18.5. The number of urea groups is 1. The van der Waals surface area contributed by atoms with Crippen LogP contribution in [0.25, 0.3) is 0 Å². The van der Waals surface area contributed by atoms with E-state index < -0.39 is 10.0 Å². The molecule has 2 amide bonds. The van der Waals surface area contributed by atoms with Gasteiger partial charge in [0.05, 0.1) is 19.0 Å². The first-order valence-corrected chi connectivity index (χ1v) is 10.3. The molecule has 1 saturated heterocycles. The van der Waals surface area contributed by atoms with Crippen LogP contribution < -0.4 is 5.32 Å². The van der Waals surface area contributed by atoms with Crippen LogP contribution in [0.15, 0.2) is 0 Å². The fourth-order valence-corrected chi connectivity index (χ4v) is 4.06. The molecule has 7 nitrogen and oxygen atoms in total. The minimum atomic E-state index is -3.16. The number of piperazine rings is 1. The maximum atomic E-state index is 12.1. The molecule has 2 aliphatic rings. The Morgan fingerprint density at radius 3 is 2.43 bits per heavy atom. The standard InChI is InChI=1S/C15H29N3O4S/c1-13-5-3-4-6-14(13)22-12-7-16-15(19)17-8-10-18(11-9-17)23(2,20)21/h13-14H,3-12H2,1-2H3,(H,16,19)/t13-,14-/m0/s1. The van der Waals surface area contributed by atoms with E-state index in [2.05, 4.69) is 12.2 Å². The van der Waals surface area contributed by atoms with Crippen molar-refractivity contribution in [2.24, 2.45) is 5.92 Å². The molecule has 23 heavy (non-hydrogen) atoms. The van der Waals surface area contributed by atoms with Crippen molar-refractivity contribution in [2.75, 3.05) is 45.6 Å². The molecule has 134 valence electrons. The normalized spacial score (nSPS) is 27.0. The maximum absolute atomic E-state index is 12.1. The van der Waals surface area contributed by atoms with Gasteiger partial charge in [-0.3, -0.25) is 0 Å². The van der Waals surface area contributed by atoms with Crippen molar-refractivity contribution >= 4 is 16.1 Å². The molecule has 0 aromatic rings. The van der Waals surface area contributed by atoms with Gasteiger partial charge in [0.15, 0.2) is 0 Å². The highest BCUT2D eigenvalue weighted by Crippen LogP contribution is 2.25. The van der Waals surface area contributed by atoms with E-state index in [0.717, 1.165) is 6.42 Å². The monoisotopic (exact) mass is 347 g/mol. The topological polar surface area (TPSA) is 79.0 Å². The molecule has 1 saturated carbocycles. The molecule has 0 spiro atoms. The van der Waals surface area contributed by atoms with Crippen molar-refractivity contribution in [3.05, 3.63) is 0 Å². The molecule has 1 heterocycles. The SMILES string of the molecule is C[C@H]1CCCC[C@@H]1OCCNC(=O)N1CCN(S(C)(=O)=O)CC1. The van der Waals surface area contributed by atoms with Crippen LogP contribution in [0.5, 0.6) is 0 Å². The Morgan fingerprint density at radius 2 is 1.83 bits per heavy atom. The molecular weight excluding hydrogens is 318 g/mol. The number of hydrogen-bond acceptors (Lipinski definition) is 4. The molecule has 1 N–H and O–H groups in total. The molecular formula is C15H29N3O4S. The summed E-state index contributed by atoms with van der Waals surface area (Å²) in [5.41, 5.74) is 0. The van der Waals surface area contributed by atoms with Crippen LogP contribution in [0.4, 0.5) is 4.79 Å². The smallest absolute Gasteiger partial charge is 0.317 e. The fraction of sp³-hybridized carbons (Fsp3) is 0.933. The molecule has 1 aliphatic heterocycles. The average Bonchev–Trinajstić information content (AvgIpc) is 2.52. The fourth-order valence-electron chi connectivity index (χ4n) is 3.23. The van der Waals surface area contributed by atoms with Crippen molar-refractivity contribution in [1.29, 1.82) is 0 Å². The number of sulfonamides is 1. The van der Waals surface area contributed by atoms with Crippen LogP contribution in [0.3, 0.4) is 0 Å². The van der Waals surface area contributed by atoms with E-state index in [0.29, 0.717) is 51.4 Å².